The van der Waals surface area contributed by atoms with Crippen LogP contribution in [0.2, 0.25) is 0 Å². The van der Waals surface area contributed by atoms with Gasteiger partial charge in [0.15, 0.2) is 15.0 Å². The van der Waals surface area contributed by atoms with Gasteiger partial charge in [-0.25, -0.2) is 18.4 Å². The molecule has 0 aliphatic rings. The van der Waals surface area contributed by atoms with Crippen LogP contribution in [-0.4, -0.2) is 35.5 Å². The molecule has 2 heterocycles. The fraction of sp³-hybridized carbons (Fsp3) is 0.0833. The van der Waals surface area contributed by atoms with Crippen molar-refractivity contribution in [3.63, 3.8) is 0 Å². The number of thiazole rings is 1. The normalized spacial score (nSPS) is 11.7. The van der Waals surface area contributed by atoms with E-state index < -0.39 is 9.84 Å². The number of hydrogen-bond donors (Lipinski definition) is 2. The van der Waals surface area contributed by atoms with E-state index in [0.717, 1.165) is 6.26 Å². The fourth-order valence-corrected chi connectivity index (χ4v) is 3.36. The maximum absolute atomic E-state index is 11.9. The number of benzene rings is 1. The Labute approximate surface area is 124 Å². The molecule has 21 heavy (non-hydrogen) atoms. The van der Waals surface area contributed by atoms with Gasteiger partial charge in [-0.2, -0.15) is 0 Å². The van der Waals surface area contributed by atoms with Crippen molar-refractivity contribution in [1.82, 2.24) is 15.0 Å². The number of aromatic nitrogens is 3. The number of carbonyl (C=O) groups excluding carboxylic acids is 1. The molecule has 7 nitrogen and oxygen atoms in total. The first kappa shape index (κ1) is 13.7. The molecule has 0 atom stereocenters. The molecule has 108 valence electrons. The van der Waals surface area contributed by atoms with Crippen LogP contribution in [-0.2, 0) is 9.84 Å². The lowest BCUT2D eigenvalue weighted by Gasteiger charge is -1.96. The molecule has 0 saturated carbocycles. The summed E-state index contributed by atoms with van der Waals surface area (Å²) in [7, 11) is -3.27. The Morgan fingerprint density at radius 2 is 2.19 bits per heavy atom. The van der Waals surface area contributed by atoms with E-state index in [1.807, 2.05) is 0 Å². The monoisotopic (exact) mass is 322 g/mol. The van der Waals surface area contributed by atoms with Gasteiger partial charge in [0, 0.05) is 6.26 Å². The zero-order chi connectivity index (χ0) is 15.0. The number of imidazole rings is 1. The maximum Gasteiger partial charge on any atom is 0.275 e. The van der Waals surface area contributed by atoms with Crippen LogP contribution in [0.3, 0.4) is 0 Å². The highest BCUT2D eigenvalue weighted by Crippen LogP contribution is 2.28. The molecule has 3 aromatic rings. The number of aromatic amines is 1. The molecular weight excluding hydrogens is 312 g/mol. The summed E-state index contributed by atoms with van der Waals surface area (Å²) in [6.45, 7) is 0. The van der Waals surface area contributed by atoms with Crippen molar-refractivity contribution in [3.8, 4) is 0 Å². The zero-order valence-electron chi connectivity index (χ0n) is 10.8. The van der Waals surface area contributed by atoms with Crippen molar-refractivity contribution in [3.05, 3.63) is 36.4 Å². The van der Waals surface area contributed by atoms with E-state index in [-0.39, 0.29) is 10.8 Å². The van der Waals surface area contributed by atoms with Gasteiger partial charge in [0.1, 0.15) is 5.69 Å². The lowest BCUT2D eigenvalue weighted by atomic mass is 10.3. The summed E-state index contributed by atoms with van der Waals surface area (Å²) in [4.78, 5) is 22.8. The van der Waals surface area contributed by atoms with Gasteiger partial charge in [0.05, 0.1) is 27.6 Å². The van der Waals surface area contributed by atoms with E-state index in [4.69, 9.17) is 0 Å². The second-order valence-electron chi connectivity index (χ2n) is 4.34. The summed E-state index contributed by atoms with van der Waals surface area (Å²) in [5.74, 6) is -0.352. The van der Waals surface area contributed by atoms with E-state index in [1.54, 1.807) is 12.1 Å². The molecule has 0 unspecified atom stereocenters. The number of carbonyl (C=O) groups is 1. The number of rotatable bonds is 3. The minimum absolute atomic E-state index is 0.227. The Morgan fingerprint density at radius 3 is 2.86 bits per heavy atom. The standard InChI is InChI=1S/C12H10N4O3S2/c1-21(18,19)7-2-3-8-10(4-7)20-12(15-8)16-11(17)9-5-13-6-14-9/h2-6H,1H3,(H,13,14)(H,15,16,17). The number of H-pyrrole nitrogens is 1. The molecule has 0 bridgehead atoms. The predicted molar refractivity (Wildman–Crippen MR) is 79.3 cm³/mol. The molecule has 2 aromatic heterocycles. The zero-order valence-corrected chi connectivity index (χ0v) is 12.5. The first-order valence-corrected chi connectivity index (χ1v) is 8.54. The third-order valence-corrected chi connectivity index (χ3v) is 4.80. The van der Waals surface area contributed by atoms with Gasteiger partial charge in [0.2, 0.25) is 0 Å². The van der Waals surface area contributed by atoms with Gasteiger partial charge >= 0.3 is 0 Å². The number of anilines is 1. The van der Waals surface area contributed by atoms with E-state index in [1.165, 1.54) is 29.9 Å². The van der Waals surface area contributed by atoms with Gasteiger partial charge in [-0.05, 0) is 18.2 Å². The van der Waals surface area contributed by atoms with Crippen LogP contribution in [0.15, 0.2) is 35.6 Å². The second kappa shape index (κ2) is 4.93. The fourth-order valence-electron chi connectivity index (χ4n) is 1.73. The number of nitrogens with zero attached hydrogens (tertiary/aromatic N) is 2. The van der Waals surface area contributed by atoms with Crippen molar-refractivity contribution in [1.29, 1.82) is 0 Å². The van der Waals surface area contributed by atoms with Crippen molar-refractivity contribution >= 4 is 42.4 Å². The van der Waals surface area contributed by atoms with Crippen molar-refractivity contribution in [2.45, 2.75) is 4.90 Å². The highest BCUT2D eigenvalue weighted by atomic mass is 32.2. The van der Waals surface area contributed by atoms with Crippen molar-refractivity contribution < 1.29 is 13.2 Å². The number of fused-ring (bicyclic) bond motifs is 1. The van der Waals surface area contributed by atoms with Crippen LogP contribution in [0.25, 0.3) is 10.2 Å². The second-order valence-corrected chi connectivity index (χ2v) is 7.39. The molecule has 0 aliphatic carbocycles. The van der Waals surface area contributed by atoms with Gasteiger partial charge in [-0.15, -0.1) is 0 Å². The molecule has 0 fully saturated rings. The Morgan fingerprint density at radius 1 is 1.38 bits per heavy atom. The average Bonchev–Trinajstić information content (AvgIpc) is 3.05. The number of nitrogens with one attached hydrogen (secondary N) is 2. The number of sulfone groups is 1. The third-order valence-electron chi connectivity index (χ3n) is 2.75. The van der Waals surface area contributed by atoms with Crippen LogP contribution >= 0.6 is 11.3 Å². The predicted octanol–water partition coefficient (Wildman–Crippen LogP) is 1.68. The van der Waals surface area contributed by atoms with E-state index >= 15 is 0 Å². The quantitative estimate of drug-likeness (QED) is 0.763. The van der Waals surface area contributed by atoms with Crippen molar-refractivity contribution in [2.75, 3.05) is 11.6 Å². The summed E-state index contributed by atoms with van der Waals surface area (Å²) >= 11 is 1.21. The average molecular weight is 322 g/mol. The van der Waals surface area contributed by atoms with Gasteiger partial charge in [-0.3, -0.25) is 10.1 Å². The summed E-state index contributed by atoms with van der Waals surface area (Å²) < 4.78 is 23.7. The third kappa shape index (κ3) is 2.78. The molecule has 1 aromatic carbocycles. The van der Waals surface area contributed by atoms with E-state index in [2.05, 4.69) is 20.3 Å². The van der Waals surface area contributed by atoms with E-state index in [0.29, 0.717) is 21.0 Å². The maximum atomic E-state index is 11.9. The lowest BCUT2D eigenvalue weighted by Crippen LogP contribution is -2.11. The molecule has 9 heteroatoms. The van der Waals surface area contributed by atoms with Crippen LogP contribution in [0.1, 0.15) is 10.5 Å². The molecule has 0 radical (unpaired) electrons. The highest BCUT2D eigenvalue weighted by Gasteiger charge is 2.13. The summed E-state index contributed by atoms with van der Waals surface area (Å²) in [5, 5.41) is 3.04. The Kier molecular flexibility index (Phi) is 3.22. The SMILES string of the molecule is CS(=O)(=O)c1ccc2nc(NC(=O)c3cnc[nH]3)sc2c1. The molecule has 3 rings (SSSR count). The summed E-state index contributed by atoms with van der Waals surface area (Å²) in [6.07, 6.45) is 3.96. The Hall–Kier alpha value is -2.26. The number of hydrogen-bond acceptors (Lipinski definition) is 6. The van der Waals surface area contributed by atoms with Gasteiger partial charge in [-0.1, -0.05) is 11.3 Å². The van der Waals surface area contributed by atoms with Crippen molar-refractivity contribution in [2.24, 2.45) is 0 Å². The Bertz CT molecular complexity index is 913. The molecule has 0 saturated heterocycles. The van der Waals surface area contributed by atoms with Crippen LogP contribution in [0.4, 0.5) is 5.13 Å². The molecule has 1 amide bonds. The first-order chi connectivity index (χ1) is 9.93. The lowest BCUT2D eigenvalue weighted by molar-refractivity contribution is 0.102. The molecular formula is C12H10N4O3S2. The molecule has 0 spiro atoms. The minimum atomic E-state index is -3.27. The van der Waals surface area contributed by atoms with Crippen LogP contribution < -0.4 is 5.32 Å². The van der Waals surface area contributed by atoms with Crippen LogP contribution in [0.5, 0.6) is 0 Å². The summed E-state index contributed by atoms with van der Waals surface area (Å²) in [5.41, 5.74) is 0.957. The Balaban J connectivity index is 1.93. The first-order valence-electron chi connectivity index (χ1n) is 5.84. The van der Waals surface area contributed by atoms with Crippen LogP contribution in [0, 0.1) is 0 Å². The number of amides is 1. The highest BCUT2D eigenvalue weighted by molar-refractivity contribution is 7.90. The smallest absolute Gasteiger partial charge is 0.275 e. The molecule has 0 aliphatic heterocycles. The molecule has 2 N–H and O–H groups in total. The summed E-state index contributed by atoms with van der Waals surface area (Å²) in [6, 6.07) is 4.67. The van der Waals surface area contributed by atoms with Gasteiger partial charge in [0.25, 0.3) is 5.91 Å². The topological polar surface area (TPSA) is 105 Å². The largest absolute Gasteiger partial charge is 0.341 e. The minimum Gasteiger partial charge on any atom is -0.341 e. The van der Waals surface area contributed by atoms with E-state index in [9.17, 15) is 13.2 Å². The van der Waals surface area contributed by atoms with Gasteiger partial charge < -0.3 is 4.98 Å².